The van der Waals surface area contributed by atoms with Crippen LogP contribution in [0.2, 0.25) is 0 Å². The molecule has 0 aromatic carbocycles. The highest BCUT2D eigenvalue weighted by Gasteiger charge is 2.71. The highest BCUT2D eigenvalue weighted by Crippen LogP contribution is 2.70. The molecule has 0 amide bonds. The van der Waals surface area contributed by atoms with Crippen LogP contribution in [0.25, 0.3) is 0 Å². The summed E-state index contributed by atoms with van der Waals surface area (Å²) < 4.78 is 5.22. The fourth-order valence-electron chi connectivity index (χ4n) is 8.88. The molecule has 1 heterocycles. The maximum Gasteiger partial charge on any atom is 0.331 e. The Bertz CT molecular complexity index is 884. The van der Waals surface area contributed by atoms with E-state index in [1.165, 1.54) is 0 Å². The number of aliphatic hydroxyl groups is 4. The van der Waals surface area contributed by atoms with Crippen molar-refractivity contribution in [1.82, 2.24) is 0 Å². The van der Waals surface area contributed by atoms with Gasteiger partial charge in [-0.3, -0.25) is 4.99 Å². The zero-order chi connectivity index (χ0) is 24.4. The molecule has 1 aliphatic heterocycles. The zero-order valence-electron chi connectivity index (χ0n) is 20.6. The third-order valence-corrected chi connectivity index (χ3v) is 10.8. The van der Waals surface area contributed by atoms with Crippen molar-refractivity contribution in [3.05, 3.63) is 11.6 Å². The van der Waals surface area contributed by atoms with E-state index in [-0.39, 0.29) is 41.8 Å². The van der Waals surface area contributed by atoms with Crippen LogP contribution in [0.3, 0.4) is 0 Å². The SMILES string of the molecule is CC[C@@H](CO)N=C[C@]12CC[C@H](O)C[C@]1(O)CC[C@@H]1[C@@H]2CC[C@]2(C)[C@@H](C3=CC(=O)OC3)CC[C@@]12O. The Labute approximate surface area is 202 Å². The number of aliphatic hydroxyl groups excluding tert-OH is 2. The first-order valence-electron chi connectivity index (χ1n) is 13.3. The van der Waals surface area contributed by atoms with Gasteiger partial charge >= 0.3 is 5.97 Å². The molecule has 4 fully saturated rings. The highest BCUT2D eigenvalue weighted by molar-refractivity contribution is 5.85. The number of carbonyl (C=O) groups excluding carboxylic acids is 1. The van der Waals surface area contributed by atoms with Gasteiger partial charge in [0.25, 0.3) is 0 Å². The molecule has 9 atom stereocenters. The molecule has 5 rings (SSSR count). The molecule has 4 N–H and O–H groups in total. The molecule has 0 spiro atoms. The van der Waals surface area contributed by atoms with Gasteiger partial charge in [-0.15, -0.1) is 0 Å². The third-order valence-electron chi connectivity index (χ3n) is 10.8. The quantitative estimate of drug-likeness (QED) is 0.358. The van der Waals surface area contributed by atoms with E-state index in [2.05, 4.69) is 6.92 Å². The number of aliphatic imine (C=N–C) groups is 1. The van der Waals surface area contributed by atoms with Gasteiger partial charge in [0.05, 0.1) is 30.0 Å². The lowest BCUT2D eigenvalue weighted by Crippen LogP contribution is -2.68. The van der Waals surface area contributed by atoms with Crippen molar-refractivity contribution in [2.24, 2.45) is 33.6 Å². The van der Waals surface area contributed by atoms with Crippen LogP contribution in [0, 0.1) is 28.6 Å². The fraction of sp³-hybridized carbons (Fsp3) is 0.852. The summed E-state index contributed by atoms with van der Waals surface area (Å²) in [5.74, 6) is -0.0740. The molecule has 0 saturated heterocycles. The predicted octanol–water partition coefficient (Wildman–Crippen LogP) is 2.54. The molecule has 7 nitrogen and oxygen atoms in total. The number of esters is 1. The highest BCUT2D eigenvalue weighted by atomic mass is 16.5. The Balaban J connectivity index is 1.53. The Kier molecular flexibility index (Phi) is 6.03. The lowest BCUT2D eigenvalue weighted by molar-refractivity contribution is -0.237. The first-order chi connectivity index (χ1) is 16.1. The van der Waals surface area contributed by atoms with Gasteiger partial charge in [0.1, 0.15) is 6.61 Å². The molecule has 0 aromatic rings. The summed E-state index contributed by atoms with van der Waals surface area (Å²) in [4.78, 5) is 16.5. The van der Waals surface area contributed by atoms with Crippen LogP contribution in [0.15, 0.2) is 16.6 Å². The third kappa shape index (κ3) is 3.30. The topological polar surface area (TPSA) is 120 Å². The van der Waals surface area contributed by atoms with E-state index in [4.69, 9.17) is 9.73 Å². The molecule has 7 heteroatoms. The molecule has 0 bridgehead atoms. The number of cyclic esters (lactones) is 1. The van der Waals surface area contributed by atoms with Crippen LogP contribution in [-0.2, 0) is 9.53 Å². The van der Waals surface area contributed by atoms with Gasteiger partial charge < -0.3 is 25.2 Å². The number of fused-ring (bicyclic) bond motifs is 5. The smallest absolute Gasteiger partial charge is 0.331 e. The van der Waals surface area contributed by atoms with Gasteiger partial charge in [0.15, 0.2) is 0 Å². The van der Waals surface area contributed by atoms with Gasteiger partial charge in [-0.05, 0) is 81.1 Å². The molecular formula is C27H41NO6. The number of hydrogen-bond donors (Lipinski definition) is 4. The maximum absolute atomic E-state index is 12.4. The van der Waals surface area contributed by atoms with Crippen LogP contribution >= 0.6 is 0 Å². The second-order valence-electron chi connectivity index (χ2n) is 12.0. The van der Waals surface area contributed by atoms with E-state index in [1.54, 1.807) is 6.08 Å². The minimum atomic E-state index is -1.06. The van der Waals surface area contributed by atoms with Crippen molar-refractivity contribution in [2.45, 2.75) is 101 Å². The van der Waals surface area contributed by atoms with Crippen molar-refractivity contribution in [3.8, 4) is 0 Å². The van der Waals surface area contributed by atoms with Crippen LogP contribution < -0.4 is 0 Å². The van der Waals surface area contributed by atoms with Crippen molar-refractivity contribution in [1.29, 1.82) is 0 Å². The molecule has 0 unspecified atom stereocenters. The van der Waals surface area contributed by atoms with E-state index in [0.29, 0.717) is 45.1 Å². The molecular weight excluding hydrogens is 434 g/mol. The summed E-state index contributed by atoms with van der Waals surface area (Å²) in [6, 6.07) is -0.203. The first kappa shape index (κ1) is 24.4. The summed E-state index contributed by atoms with van der Waals surface area (Å²) in [6.07, 6.45) is 9.79. The van der Waals surface area contributed by atoms with E-state index in [1.807, 2.05) is 13.1 Å². The molecule has 4 saturated carbocycles. The summed E-state index contributed by atoms with van der Waals surface area (Å²) in [5, 5.41) is 44.6. The Morgan fingerprint density at radius 1 is 1.15 bits per heavy atom. The fourth-order valence-corrected chi connectivity index (χ4v) is 8.88. The van der Waals surface area contributed by atoms with Crippen molar-refractivity contribution >= 4 is 12.2 Å². The summed E-state index contributed by atoms with van der Waals surface area (Å²) in [6.45, 7) is 4.49. The lowest BCUT2D eigenvalue weighted by Gasteiger charge is -2.65. The average molecular weight is 476 g/mol. The van der Waals surface area contributed by atoms with Crippen LogP contribution in [0.5, 0.6) is 0 Å². The molecule has 5 aliphatic rings. The average Bonchev–Trinajstić information content (AvgIpc) is 3.34. The number of nitrogens with zero attached hydrogens (tertiary/aromatic N) is 1. The van der Waals surface area contributed by atoms with Gasteiger partial charge in [0.2, 0.25) is 0 Å². The second kappa shape index (κ2) is 8.39. The molecule has 190 valence electrons. The van der Waals surface area contributed by atoms with Gasteiger partial charge in [-0.25, -0.2) is 4.79 Å². The van der Waals surface area contributed by atoms with Crippen LogP contribution in [-0.4, -0.2) is 69.2 Å². The summed E-state index contributed by atoms with van der Waals surface area (Å²) in [7, 11) is 0. The summed E-state index contributed by atoms with van der Waals surface area (Å²) in [5.41, 5.74) is -1.88. The van der Waals surface area contributed by atoms with Crippen molar-refractivity contribution < 1.29 is 30.0 Å². The van der Waals surface area contributed by atoms with E-state index in [9.17, 15) is 25.2 Å². The normalized spacial score (nSPS) is 49.2. The number of rotatable bonds is 5. The van der Waals surface area contributed by atoms with Crippen molar-refractivity contribution in [3.63, 3.8) is 0 Å². The Hall–Kier alpha value is -1.28. The monoisotopic (exact) mass is 475 g/mol. The van der Waals surface area contributed by atoms with Gasteiger partial charge in [0, 0.05) is 29.5 Å². The lowest BCUT2D eigenvalue weighted by atomic mass is 9.41. The van der Waals surface area contributed by atoms with E-state index >= 15 is 0 Å². The van der Waals surface area contributed by atoms with Crippen molar-refractivity contribution in [2.75, 3.05) is 13.2 Å². The Morgan fingerprint density at radius 3 is 2.59 bits per heavy atom. The standard InChI is InChI=1S/C27H41NO6/c1-3-18(14-29)28-16-25-9-4-19(30)13-26(25,32)10-6-22-21(25)5-8-24(2)20(7-11-27(22,24)33)17-12-23(31)34-15-17/h12,16,18-22,29-30,32-33H,3-11,13-15H2,1-2H3/t18-,19-,20+,21-,22+,24+,25-,26+,27+/m0/s1. The first-order valence-corrected chi connectivity index (χ1v) is 13.3. The number of carbonyl (C=O) groups is 1. The number of hydrogen-bond acceptors (Lipinski definition) is 7. The maximum atomic E-state index is 12.4. The largest absolute Gasteiger partial charge is 0.458 e. The van der Waals surface area contributed by atoms with E-state index in [0.717, 1.165) is 31.3 Å². The van der Waals surface area contributed by atoms with E-state index < -0.39 is 22.7 Å². The minimum Gasteiger partial charge on any atom is -0.458 e. The van der Waals surface area contributed by atoms with Crippen LogP contribution in [0.1, 0.15) is 78.1 Å². The predicted molar refractivity (Wildman–Crippen MR) is 127 cm³/mol. The molecule has 0 aromatic heterocycles. The Morgan fingerprint density at radius 2 is 1.91 bits per heavy atom. The van der Waals surface area contributed by atoms with Crippen LogP contribution in [0.4, 0.5) is 0 Å². The van der Waals surface area contributed by atoms with Gasteiger partial charge in [-0.1, -0.05) is 13.8 Å². The molecule has 4 aliphatic carbocycles. The number of ether oxygens (including phenoxy) is 1. The zero-order valence-corrected chi connectivity index (χ0v) is 20.6. The summed E-state index contributed by atoms with van der Waals surface area (Å²) >= 11 is 0. The molecule has 34 heavy (non-hydrogen) atoms. The molecule has 0 radical (unpaired) electrons. The van der Waals surface area contributed by atoms with Gasteiger partial charge in [-0.2, -0.15) is 0 Å². The second-order valence-corrected chi connectivity index (χ2v) is 12.0. The minimum absolute atomic E-state index is 0.0195.